The van der Waals surface area contributed by atoms with E-state index in [0.717, 1.165) is 37.4 Å². The first-order valence-electron chi connectivity index (χ1n) is 9.25. The normalized spacial score (nSPS) is 14.7. The molecular formula is C21H25N3O3. The first-order chi connectivity index (χ1) is 13.1. The molecule has 1 fully saturated rings. The van der Waals surface area contributed by atoms with Crippen molar-refractivity contribution >= 4 is 17.5 Å². The van der Waals surface area contributed by atoms with Crippen LogP contribution >= 0.6 is 0 Å². The molecule has 0 saturated carbocycles. The zero-order chi connectivity index (χ0) is 19.1. The molecule has 1 aliphatic heterocycles. The molecule has 27 heavy (non-hydrogen) atoms. The zero-order valence-electron chi connectivity index (χ0n) is 15.6. The summed E-state index contributed by atoms with van der Waals surface area (Å²) in [4.78, 5) is 32.2. The molecule has 6 heteroatoms. The van der Waals surface area contributed by atoms with Crippen LogP contribution < -0.4 is 4.90 Å². The van der Waals surface area contributed by atoms with E-state index in [1.54, 1.807) is 12.3 Å². The Morgan fingerprint density at radius 3 is 2.56 bits per heavy atom. The van der Waals surface area contributed by atoms with Gasteiger partial charge in [0.25, 0.3) is 0 Å². The molecule has 0 radical (unpaired) electrons. The fourth-order valence-corrected chi connectivity index (χ4v) is 3.10. The Morgan fingerprint density at radius 1 is 1.04 bits per heavy atom. The number of ether oxygens (including phenoxy) is 1. The van der Waals surface area contributed by atoms with Crippen LogP contribution in [0.4, 0.5) is 5.82 Å². The van der Waals surface area contributed by atoms with Crippen LogP contribution in [-0.2, 0) is 16.1 Å². The molecular weight excluding hydrogens is 342 g/mol. The molecule has 2 aromatic rings. The van der Waals surface area contributed by atoms with Gasteiger partial charge in [0.2, 0.25) is 5.91 Å². The average Bonchev–Trinajstić information content (AvgIpc) is 2.95. The van der Waals surface area contributed by atoms with Crippen LogP contribution in [0.25, 0.3) is 0 Å². The predicted molar refractivity (Wildman–Crippen MR) is 104 cm³/mol. The smallest absolute Gasteiger partial charge is 0.248 e. The maximum Gasteiger partial charge on any atom is 0.248 e. The monoisotopic (exact) mass is 367 g/mol. The van der Waals surface area contributed by atoms with Gasteiger partial charge in [-0.1, -0.05) is 30.3 Å². The van der Waals surface area contributed by atoms with Crippen molar-refractivity contribution in [3.63, 3.8) is 0 Å². The minimum atomic E-state index is 0.0113. The fraction of sp³-hybridized carbons (Fsp3) is 0.381. The molecule has 0 N–H and O–H groups in total. The Hall–Kier alpha value is -2.73. The first kappa shape index (κ1) is 19.0. The van der Waals surface area contributed by atoms with Crippen molar-refractivity contribution in [2.24, 2.45) is 0 Å². The average molecular weight is 367 g/mol. The van der Waals surface area contributed by atoms with Crippen LogP contribution in [0.1, 0.15) is 29.3 Å². The second-order valence-corrected chi connectivity index (χ2v) is 6.66. The summed E-state index contributed by atoms with van der Waals surface area (Å²) in [5.74, 6) is 0.875. The summed E-state index contributed by atoms with van der Waals surface area (Å²) in [6.07, 6.45) is 2.49. The number of benzene rings is 1. The van der Waals surface area contributed by atoms with Crippen molar-refractivity contribution in [1.82, 2.24) is 9.88 Å². The van der Waals surface area contributed by atoms with Crippen molar-refractivity contribution in [2.75, 3.05) is 37.7 Å². The Kier molecular flexibility index (Phi) is 6.54. The molecule has 0 bridgehead atoms. The Morgan fingerprint density at radius 2 is 1.85 bits per heavy atom. The molecule has 1 aliphatic rings. The van der Waals surface area contributed by atoms with Crippen molar-refractivity contribution in [3.8, 4) is 0 Å². The van der Waals surface area contributed by atoms with Crippen LogP contribution in [0.2, 0.25) is 0 Å². The van der Waals surface area contributed by atoms with E-state index in [4.69, 9.17) is 4.74 Å². The number of rotatable bonds is 6. The third kappa shape index (κ3) is 5.37. The number of aromatic nitrogens is 1. The van der Waals surface area contributed by atoms with Gasteiger partial charge in [0, 0.05) is 37.9 Å². The van der Waals surface area contributed by atoms with Crippen LogP contribution in [0, 0.1) is 0 Å². The van der Waals surface area contributed by atoms with E-state index in [-0.39, 0.29) is 18.3 Å². The lowest BCUT2D eigenvalue weighted by Gasteiger charge is -2.23. The number of anilines is 1. The number of amides is 1. The summed E-state index contributed by atoms with van der Waals surface area (Å²) in [6, 6.07) is 13.5. The van der Waals surface area contributed by atoms with Crippen LogP contribution in [0.3, 0.4) is 0 Å². The molecule has 1 aromatic heterocycles. The van der Waals surface area contributed by atoms with Gasteiger partial charge in [0.1, 0.15) is 12.4 Å². The molecule has 1 aromatic carbocycles. The lowest BCUT2D eigenvalue weighted by Crippen LogP contribution is -2.37. The maximum atomic E-state index is 12.4. The Labute approximate surface area is 159 Å². The van der Waals surface area contributed by atoms with Crippen molar-refractivity contribution in [2.45, 2.75) is 20.0 Å². The summed E-state index contributed by atoms with van der Waals surface area (Å²) in [5.41, 5.74) is 1.67. The number of hydrogen-bond acceptors (Lipinski definition) is 5. The van der Waals surface area contributed by atoms with Gasteiger partial charge < -0.3 is 14.5 Å². The number of Topliss-reactive ketones (excluding diaryl/α,β-unsaturated/α-hetero) is 1. The molecule has 2 heterocycles. The minimum absolute atomic E-state index is 0.0113. The molecule has 0 atom stereocenters. The van der Waals surface area contributed by atoms with Gasteiger partial charge in [0.15, 0.2) is 5.78 Å². The topological polar surface area (TPSA) is 62.7 Å². The van der Waals surface area contributed by atoms with Gasteiger partial charge in [0.05, 0.1) is 6.61 Å². The molecule has 6 nitrogen and oxygen atoms in total. The summed E-state index contributed by atoms with van der Waals surface area (Å²) >= 11 is 0. The van der Waals surface area contributed by atoms with Gasteiger partial charge in [-0.05, 0) is 31.0 Å². The van der Waals surface area contributed by atoms with Gasteiger partial charge in [-0.15, -0.1) is 0 Å². The van der Waals surface area contributed by atoms with E-state index in [1.807, 2.05) is 41.3 Å². The molecule has 0 aliphatic carbocycles. The largest absolute Gasteiger partial charge is 0.367 e. The van der Waals surface area contributed by atoms with Crippen LogP contribution in [0.5, 0.6) is 0 Å². The van der Waals surface area contributed by atoms with Gasteiger partial charge in [-0.25, -0.2) is 4.98 Å². The summed E-state index contributed by atoms with van der Waals surface area (Å²) in [5, 5.41) is 0. The lowest BCUT2D eigenvalue weighted by atomic mass is 10.2. The highest BCUT2D eigenvalue weighted by atomic mass is 16.5. The van der Waals surface area contributed by atoms with Gasteiger partial charge in [-0.3, -0.25) is 9.59 Å². The fourth-order valence-electron chi connectivity index (χ4n) is 3.10. The number of pyridine rings is 1. The molecule has 0 unspecified atom stereocenters. The minimum Gasteiger partial charge on any atom is -0.367 e. The van der Waals surface area contributed by atoms with E-state index in [0.29, 0.717) is 18.7 Å². The van der Waals surface area contributed by atoms with E-state index >= 15 is 0 Å². The number of carbonyl (C=O) groups is 2. The molecule has 0 spiro atoms. The Bertz CT molecular complexity index is 762. The van der Waals surface area contributed by atoms with Crippen molar-refractivity contribution < 1.29 is 14.3 Å². The predicted octanol–water partition coefficient (Wildman–Crippen LogP) is 2.54. The standard InChI is InChI=1S/C21H25N3O3/c1-17(25)19-8-9-20(22-14-19)23-10-5-11-24(13-12-23)21(26)16-27-15-18-6-3-2-4-7-18/h2-4,6-9,14H,5,10-13,15-16H2,1H3. The summed E-state index contributed by atoms with van der Waals surface area (Å²) in [6.45, 7) is 4.99. The number of ketones is 1. The molecule has 1 amide bonds. The van der Waals surface area contributed by atoms with E-state index in [1.165, 1.54) is 6.92 Å². The van der Waals surface area contributed by atoms with Crippen LogP contribution in [0.15, 0.2) is 48.7 Å². The number of carbonyl (C=O) groups excluding carboxylic acids is 2. The highest BCUT2D eigenvalue weighted by molar-refractivity contribution is 5.93. The zero-order valence-corrected chi connectivity index (χ0v) is 15.6. The van der Waals surface area contributed by atoms with Crippen LogP contribution in [-0.4, -0.2) is 54.4 Å². The van der Waals surface area contributed by atoms with Gasteiger partial charge >= 0.3 is 0 Å². The van der Waals surface area contributed by atoms with Crippen molar-refractivity contribution in [3.05, 3.63) is 59.8 Å². The highest BCUT2D eigenvalue weighted by Crippen LogP contribution is 2.15. The summed E-state index contributed by atoms with van der Waals surface area (Å²) in [7, 11) is 0. The number of hydrogen-bond donors (Lipinski definition) is 0. The van der Waals surface area contributed by atoms with E-state index < -0.39 is 0 Å². The SMILES string of the molecule is CC(=O)c1ccc(N2CCCN(C(=O)COCc3ccccc3)CC2)nc1. The lowest BCUT2D eigenvalue weighted by molar-refractivity contribution is -0.136. The van der Waals surface area contributed by atoms with E-state index in [9.17, 15) is 9.59 Å². The molecule has 1 saturated heterocycles. The third-order valence-electron chi connectivity index (χ3n) is 4.66. The Balaban J connectivity index is 1.48. The first-order valence-corrected chi connectivity index (χ1v) is 9.25. The maximum absolute atomic E-state index is 12.4. The third-order valence-corrected chi connectivity index (χ3v) is 4.66. The highest BCUT2D eigenvalue weighted by Gasteiger charge is 2.20. The number of nitrogens with zero attached hydrogens (tertiary/aromatic N) is 3. The molecule has 142 valence electrons. The van der Waals surface area contributed by atoms with Gasteiger partial charge in [-0.2, -0.15) is 0 Å². The second kappa shape index (κ2) is 9.28. The summed E-state index contributed by atoms with van der Waals surface area (Å²) < 4.78 is 5.57. The molecule has 3 rings (SSSR count). The van der Waals surface area contributed by atoms with E-state index in [2.05, 4.69) is 9.88 Å². The second-order valence-electron chi connectivity index (χ2n) is 6.66. The quantitative estimate of drug-likeness (QED) is 0.734. The van der Waals surface area contributed by atoms with Crippen molar-refractivity contribution in [1.29, 1.82) is 0 Å².